The number of nitrogens with one attached hydrogen (secondary N) is 2. The number of thioether (sulfide) groups is 1. The number of hydrogen-bond donors (Lipinski definition) is 2. The molecule has 1 atom stereocenters. The maximum Gasteiger partial charge on any atom is 0.243 e. The van der Waals surface area contributed by atoms with Crippen LogP contribution < -0.4 is 10.6 Å². The van der Waals surface area contributed by atoms with Crippen LogP contribution in [0.25, 0.3) is 0 Å². The second-order valence-corrected chi connectivity index (χ2v) is 11.0. The number of piperidine rings is 1. The number of hydrogen-bond acceptors (Lipinski definition) is 5. The normalized spacial score (nSPS) is 19.5. The third kappa shape index (κ3) is 5.00. The Morgan fingerprint density at radius 3 is 2.81 bits per heavy atom. The average molecular weight is 474 g/mol. The summed E-state index contributed by atoms with van der Waals surface area (Å²) in [7, 11) is -3.73. The fourth-order valence-electron chi connectivity index (χ4n) is 4.18. The van der Waals surface area contributed by atoms with Gasteiger partial charge in [0.25, 0.3) is 0 Å². The second kappa shape index (κ2) is 9.64. The van der Waals surface area contributed by atoms with Crippen molar-refractivity contribution >= 4 is 45.0 Å². The standard InChI is InChI=1S/C23H27N3O4S2/c1-31-19-8-3-7-18(14-19)24-23(28)17-6-4-12-26(15-17)32(29,30)20-10-11-21-16(13-20)5-2-9-22(27)25-21/h3,7-8,10-11,13-14,17H,2,4-6,9,12,15H2,1H3,(H,24,28)(H,25,27)/t17-/m0/s1. The Hall–Kier alpha value is -2.36. The van der Waals surface area contributed by atoms with Crippen LogP contribution in [0, 0.1) is 5.92 Å². The number of nitrogens with zero attached hydrogens (tertiary/aromatic N) is 1. The molecule has 9 heteroatoms. The topological polar surface area (TPSA) is 95.6 Å². The van der Waals surface area contributed by atoms with E-state index in [1.807, 2.05) is 30.5 Å². The van der Waals surface area contributed by atoms with E-state index in [1.54, 1.807) is 23.9 Å². The van der Waals surface area contributed by atoms with Crippen LogP contribution in [-0.4, -0.2) is 43.9 Å². The van der Waals surface area contributed by atoms with Gasteiger partial charge in [-0.3, -0.25) is 9.59 Å². The highest BCUT2D eigenvalue weighted by Gasteiger charge is 2.34. The van der Waals surface area contributed by atoms with E-state index in [9.17, 15) is 18.0 Å². The van der Waals surface area contributed by atoms with Crippen molar-refractivity contribution in [2.45, 2.75) is 41.9 Å². The van der Waals surface area contributed by atoms with Gasteiger partial charge in [-0.15, -0.1) is 11.8 Å². The molecule has 0 radical (unpaired) electrons. The van der Waals surface area contributed by atoms with Crippen molar-refractivity contribution in [2.24, 2.45) is 5.92 Å². The first-order valence-corrected chi connectivity index (χ1v) is 13.4. The summed E-state index contributed by atoms with van der Waals surface area (Å²) in [5, 5.41) is 5.77. The number of carbonyl (C=O) groups is 2. The van der Waals surface area contributed by atoms with Gasteiger partial charge >= 0.3 is 0 Å². The van der Waals surface area contributed by atoms with Gasteiger partial charge in [0, 0.05) is 35.8 Å². The maximum atomic E-state index is 13.3. The third-order valence-corrected chi connectivity index (χ3v) is 8.52. The minimum absolute atomic E-state index is 0.0488. The average Bonchev–Trinajstić information content (AvgIpc) is 2.99. The molecule has 2 N–H and O–H groups in total. The molecule has 2 amide bonds. The Labute approximate surface area is 193 Å². The molecule has 2 aromatic carbocycles. The minimum Gasteiger partial charge on any atom is -0.326 e. The van der Waals surface area contributed by atoms with Crippen molar-refractivity contribution < 1.29 is 18.0 Å². The third-order valence-electron chi connectivity index (χ3n) is 5.93. The van der Waals surface area contributed by atoms with E-state index in [1.165, 1.54) is 10.4 Å². The molecule has 2 aliphatic heterocycles. The summed E-state index contributed by atoms with van der Waals surface area (Å²) in [6.45, 7) is 0.548. The lowest BCUT2D eigenvalue weighted by Crippen LogP contribution is -2.43. The van der Waals surface area contributed by atoms with Crippen molar-refractivity contribution in [2.75, 3.05) is 30.0 Å². The molecule has 2 aromatic rings. The molecule has 0 spiro atoms. The highest BCUT2D eigenvalue weighted by molar-refractivity contribution is 7.98. The number of amides is 2. The minimum atomic E-state index is -3.73. The maximum absolute atomic E-state index is 13.3. The smallest absolute Gasteiger partial charge is 0.243 e. The van der Waals surface area contributed by atoms with Gasteiger partial charge in [-0.1, -0.05) is 6.07 Å². The molecule has 170 valence electrons. The molecule has 0 unspecified atom stereocenters. The zero-order valence-electron chi connectivity index (χ0n) is 18.0. The first-order valence-electron chi connectivity index (χ1n) is 10.7. The lowest BCUT2D eigenvalue weighted by molar-refractivity contribution is -0.121. The van der Waals surface area contributed by atoms with Crippen molar-refractivity contribution in [1.82, 2.24) is 4.31 Å². The number of benzene rings is 2. The van der Waals surface area contributed by atoms with Crippen molar-refractivity contribution in [1.29, 1.82) is 0 Å². The number of sulfonamides is 1. The van der Waals surface area contributed by atoms with Crippen LogP contribution in [0.1, 0.15) is 31.2 Å². The van der Waals surface area contributed by atoms with E-state index < -0.39 is 15.9 Å². The highest BCUT2D eigenvalue weighted by Crippen LogP contribution is 2.29. The van der Waals surface area contributed by atoms with Crippen LogP contribution in [0.15, 0.2) is 52.3 Å². The number of fused-ring (bicyclic) bond motifs is 1. The summed E-state index contributed by atoms with van der Waals surface area (Å²) in [5.41, 5.74) is 2.22. The predicted octanol–water partition coefficient (Wildman–Crippen LogP) is 3.72. The number of anilines is 2. The van der Waals surface area contributed by atoms with Crippen LogP contribution in [0.2, 0.25) is 0 Å². The van der Waals surface area contributed by atoms with E-state index in [2.05, 4.69) is 10.6 Å². The summed E-state index contributed by atoms with van der Waals surface area (Å²) in [5.74, 6) is -0.614. The molecule has 0 aliphatic carbocycles. The fraction of sp³-hybridized carbons (Fsp3) is 0.391. The summed E-state index contributed by atoms with van der Waals surface area (Å²) in [6.07, 6.45) is 5.02. The Bertz CT molecular complexity index is 1130. The van der Waals surface area contributed by atoms with E-state index in [0.29, 0.717) is 44.3 Å². The Morgan fingerprint density at radius 1 is 1.16 bits per heavy atom. The van der Waals surface area contributed by atoms with Crippen LogP contribution in [0.4, 0.5) is 11.4 Å². The molecule has 4 rings (SSSR count). The molecule has 0 bridgehead atoms. The van der Waals surface area contributed by atoms with E-state index in [0.717, 1.165) is 16.1 Å². The zero-order chi connectivity index (χ0) is 22.7. The van der Waals surface area contributed by atoms with Crippen LogP contribution in [0.5, 0.6) is 0 Å². The summed E-state index contributed by atoms with van der Waals surface area (Å²) in [4.78, 5) is 25.9. The lowest BCUT2D eigenvalue weighted by Gasteiger charge is -2.31. The van der Waals surface area contributed by atoms with Gasteiger partial charge in [-0.25, -0.2) is 8.42 Å². The van der Waals surface area contributed by atoms with Crippen LogP contribution >= 0.6 is 11.8 Å². The van der Waals surface area contributed by atoms with Gasteiger partial charge in [0.1, 0.15) is 0 Å². The number of carbonyl (C=O) groups excluding carboxylic acids is 2. The van der Waals surface area contributed by atoms with Gasteiger partial charge in [0.05, 0.1) is 10.8 Å². The fourth-order valence-corrected chi connectivity index (χ4v) is 6.21. The van der Waals surface area contributed by atoms with Gasteiger partial charge < -0.3 is 10.6 Å². The van der Waals surface area contributed by atoms with Crippen LogP contribution in [-0.2, 0) is 26.0 Å². The second-order valence-electron chi connectivity index (χ2n) is 8.14. The predicted molar refractivity (Wildman–Crippen MR) is 126 cm³/mol. The van der Waals surface area contributed by atoms with Crippen molar-refractivity contribution in [3.8, 4) is 0 Å². The van der Waals surface area contributed by atoms with Gasteiger partial charge in [0.15, 0.2) is 0 Å². The molecule has 7 nitrogen and oxygen atoms in total. The molecular weight excluding hydrogens is 446 g/mol. The van der Waals surface area contributed by atoms with E-state index >= 15 is 0 Å². The van der Waals surface area contributed by atoms with Gasteiger partial charge in [-0.2, -0.15) is 4.31 Å². The van der Waals surface area contributed by atoms with Crippen molar-refractivity contribution in [3.05, 3.63) is 48.0 Å². The Morgan fingerprint density at radius 2 is 2.00 bits per heavy atom. The molecule has 2 heterocycles. The molecule has 1 saturated heterocycles. The van der Waals surface area contributed by atoms with E-state index in [4.69, 9.17) is 0 Å². The molecule has 1 fully saturated rings. The molecular formula is C23H27N3O4S2. The molecule has 0 aromatic heterocycles. The SMILES string of the molecule is CSc1cccc(NC(=O)[C@H]2CCCN(S(=O)(=O)c3ccc4c(c3)CCCC(=O)N4)C2)c1. The van der Waals surface area contributed by atoms with Crippen molar-refractivity contribution in [3.63, 3.8) is 0 Å². The number of rotatable bonds is 5. The Balaban J connectivity index is 1.49. The summed E-state index contributed by atoms with van der Waals surface area (Å²) < 4.78 is 28.1. The molecule has 2 aliphatic rings. The molecule has 0 saturated carbocycles. The first-order chi connectivity index (χ1) is 15.4. The zero-order valence-corrected chi connectivity index (χ0v) is 19.6. The summed E-state index contributed by atoms with van der Waals surface area (Å²) in [6, 6.07) is 12.5. The monoisotopic (exact) mass is 473 g/mol. The first kappa shape index (κ1) is 22.8. The van der Waals surface area contributed by atoms with Gasteiger partial charge in [0.2, 0.25) is 21.8 Å². The summed E-state index contributed by atoms with van der Waals surface area (Å²) >= 11 is 1.60. The largest absolute Gasteiger partial charge is 0.326 e. The molecule has 32 heavy (non-hydrogen) atoms. The quantitative estimate of drug-likeness (QED) is 0.646. The van der Waals surface area contributed by atoms with Gasteiger partial charge in [-0.05, 0) is 73.9 Å². The lowest BCUT2D eigenvalue weighted by atomic mass is 9.99. The van der Waals surface area contributed by atoms with Crippen LogP contribution in [0.3, 0.4) is 0 Å². The number of aryl methyl sites for hydroxylation is 1. The highest BCUT2D eigenvalue weighted by atomic mass is 32.2. The Kier molecular flexibility index (Phi) is 6.88. The van der Waals surface area contributed by atoms with E-state index in [-0.39, 0.29) is 23.3 Å².